The van der Waals surface area contributed by atoms with Gasteiger partial charge in [0.05, 0.1) is 24.7 Å². The molecule has 4 rings (SSSR count). The van der Waals surface area contributed by atoms with E-state index >= 15 is 0 Å². The van der Waals surface area contributed by atoms with E-state index in [1.165, 1.54) is 5.56 Å². The van der Waals surface area contributed by atoms with E-state index in [1.807, 2.05) is 22.9 Å². The van der Waals surface area contributed by atoms with Crippen LogP contribution in [-0.2, 0) is 11.2 Å². The summed E-state index contributed by atoms with van der Waals surface area (Å²) in [4.78, 5) is 26.4. The molecular weight excluding hydrogens is 502 g/mol. The van der Waals surface area contributed by atoms with Gasteiger partial charge in [-0.15, -0.1) is 12.4 Å². The smallest absolute Gasteiger partial charge is 0.305 e. The highest BCUT2D eigenvalue weighted by atomic mass is 35.5. The molecule has 2 aromatic rings. The maximum atomic E-state index is 13.8. The maximum Gasteiger partial charge on any atom is 0.305 e. The summed E-state index contributed by atoms with van der Waals surface area (Å²) in [6.07, 6.45) is 5.40. The number of aliphatic carboxylic acids is 1. The van der Waals surface area contributed by atoms with Gasteiger partial charge in [-0.25, -0.2) is 8.78 Å². The normalized spacial score (nSPS) is 18.8. The number of carbonyl (C=O) groups is 2. The number of alkyl halides is 2. The van der Waals surface area contributed by atoms with Crippen LogP contribution in [0.5, 0.6) is 0 Å². The van der Waals surface area contributed by atoms with Crippen molar-refractivity contribution in [1.29, 1.82) is 0 Å². The molecule has 0 unspecified atom stereocenters. The Labute approximate surface area is 223 Å². The molecule has 0 spiro atoms. The zero-order valence-electron chi connectivity index (χ0n) is 21.3. The van der Waals surface area contributed by atoms with Crippen LogP contribution >= 0.6 is 12.4 Å². The predicted octanol–water partition coefficient (Wildman–Crippen LogP) is 5.34. The van der Waals surface area contributed by atoms with E-state index in [0.717, 1.165) is 43.4 Å². The minimum Gasteiger partial charge on any atom is -0.481 e. The van der Waals surface area contributed by atoms with Crippen LogP contribution < -0.4 is 5.32 Å². The number of halogens is 3. The number of carboxylic acid groups (broad SMARTS) is 1. The number of aryl methyl sites for hydroxylation is 1. The third-order valence-corrected chi connectivity index (χ3v) is 7.33. The molecule has 1 saturated heterocycles. The lowest BCUT2D eigenvalue weighted by Crippen LogP contribution is -2.45. The standard InChI is InChI=1S/C27H36F2N4O3.ClH/c1-2-19-8-3-6-11-22(19)24-17-23(31-33(24)21-9-4-5-10-21)26(36)30-20(16-25(34)35)12-15-32-14-7-13-27(28,29)18-32;/h3,6,8,11,17,20-21H,2,4-5,7,9-10,12-16,18H2,1H3,(H,30,36)(H,34,35);1H/t20-;/m0./s1. The van der Waals surface area contributed by atoms with Gasteiger partial charge >= 0.3 is 5.97 Å². The second-order valence-electron chi connectivity index (χ2n) is 10.1. The highest BCUT2D eigenvalue weighted by Crippen LogP contribution is 2.35. The van der Waals surface area contributed by atoms with Gasteiger partial charge in [0.1, 0.15) is 0 Å². The average molecular weight is 539 g/mol. The number of hydrogen-bond donors (Lipinski definition) is 2. The molecular formula is C27H37ClF2N4O3. The van der Waals surface area contributed by atoms with Crippen molar-refractivity contribution in [1.82, 2.24) is 20.0 Å². The van der Waals surface area contributed by atoms with Gasteiger partial charge in [-0.05, 0) is 50.3 Å². The summed E-state index contributed by atoms with van der Waals surface area (Å²) in [5.41, 5.74) is 3.37. The highest BCUT2D eigenvalue weighted by Gasteiger charge is 2.35. The van der Waals surface area contributed by atoms with Crippen LogP contribution in [0, 0.1) is 0 Å². The van der Waals surface area contributed by atoms with E-state index in [2.05, 4.69) is 18.3 Å². The van der Waals surface area contributed by atoms with Crippen molar-refractivity contribution in [3.8, 4) is 11.3 Å². The van der Waals surface area contributed by atoms with E-state index in [9.17, 15) is 23.5 Å². The molecule has 1 amide bonds. The quantitative estimate of drug-likeness (QED) is 0.426. The fourth-order valence-electron chi connectivity index (χ4n) is 5.48. The number of carboxylic acids is 1. The second-order valence-corrected chi connectivity index (χ2v) is 10.1. The minimum absolute atomic E-state index is 0. The van der Waals surface area contributed by atoms with Crippen molar-refractivity contribution >= 4 is 24.3 Å². The number of piperidine rings is 1. The van der Waals surface area contributed by atoms with Crippen LogP contribution in [0.4, 0.5) is 8.78 Å². The maximum absolute atomic E-state index is 13.8. The lowest BCUT2D eigenvalue weighted by Gasteiger charge is -2.33. The van der Waals surface area contributed by atoms with Gasteiger partial charge in [-0.2, -0.15) is 5.10 Å². The molecule has 1 saturated carbocycles. The van der Waals surface area contributed by atoms with E-state index in [0.29, 0.717) is 19.5 Å². The van der Waals surface area contributed by atoms with Crippen LogP contribution in [0.1, 0.15) is 80.4 Å². The molecule has 0 radical (unpaired) electrons. The second kappa shape index (κ2) is 12.8. The van der Waals surface area contributed by atoms with Crippen molar-refractivity contribution in [2.75, 3.05) is 19.6 Å². The molecule has 1 aliphatic carbocycles. The van der Waals surface area contributed by atoms with Crippen molar-refractivity contribution in [2.24, 2.45) is 0 Å². The first-order valence-electron chi connectivity index (χ1n) is 13.1. The van der Waals surface area contributed by atoms with E-state index in [1.54, 1.807) is 11.0 Å². The van der Waals surface area contributed by atoms with Crippen molar-refractivity contribution in [3.05, 3.63) is 41.6 Å². The number of amides is 1. The number of likely N-dealkylation sites (tertiary alicyclic amines) is 1. The summed E-state index contributed by atoms with van der Waals surface area (Å²) in [6, 6.07) is 9.45. The van der Waals surface area contributed by atoms with E-state index in [4.69, 9.17) is 5.10 Å². The molecule has 2 N–H and O–H groups in total. The average Bonchev–Trinajstić information content (AvgIpc) is 3.51. The Morgan fingerprint density at radius 2 is 1.95 bits per heavy atom. The number of nitrogens with zero attached hydrogens (tertiary/aromatic N) is 3. The van der Waals surface area contributed by atoms with Gasteiger partial charge in [0, 0.05) is 24.6 Å². The largest absolute Gasteiger partial charge is 0.481 e. The Morgan fingerprint density at radius 1 is 1.22 bits per heavy atom. The topological polar surface area (TPSA) is 87.5 Å². The molecule has 1 aliphatic heterocycles. The van der Waals surface area contributed by atoms with Crippen LogP contribution in [0.2, 0.25) is 0 Å². The van der Waals surface area contributed by atoms with Crippen LogP contribution in [0.25, 0.3) is 11.3 Å². The summed E-state index contributed by atoms with van der Waals surface area (Å²) < 4.78 is 29.5. The van der Waals surface area contributed by atoms with Crippen LogP contribution in [-0.4, -0.2) is 63.3 Å². The van der Waals surface area contributed by atoms with Gasteiger partial charge in [0.25, 0.3) is 11.8 Å². The first-order valence-corrected chi connectivity index (χ1v) is 13.1. The molecule has 2 fully saturated rings. The number of benzene rings is 1. The van der Waals surface area contributed by atoms with E-state index in [-0.39, 0.29) is 50.0 Å². The Morgan fingerprint density at radius 3 is 2.62 bits per heavy atom. The fraction of sp³-hybridized carbons (Fsp3) is 0.593. The monoisotopic (exact) mass is 538 g/mol. The summed E-state index contributed by atoms with van der Waals surface area (Å²) in [6.45, 7) is 2.62. The molecule has 0 bridgehead atoms. The van der Waals surface area contributed by atoms with Crippen molar-refractivity contribution in [2.45, 2.75) is 82.7 Å². The third kappa shape index (κ3) is 7.51. The molecule has 2 aliphatic rings. The van der Waals surface area contributed by atoms with Gasteiger partial charge in [0.15, 0.2) is 5.69 Å². The third-order valence-electron chi connectivity index (χ3n) is 7.33. The van der Waals surface area contributed by atoms with Gasteiger partial charge in [0.2, 0.25) is 0 Å². The molecule has 1 atom stereocenters. The molecule has 7 nitrogen and oxygen atoms in total. The molecule has 10 heteroatoms. The SMILES string of the molecule is CCc1ccccc1-c1cc(C(=O)N[C@@H](CCN2CCCC(F)(F)C2)CC(=O)O)nn1C1CCCC1.Cl. The number of carbonyl (C=O) groups excluding carboxylic acids is 1. The first-order chi connectivity index (χ1) is 17.3. The molecule has 37 heavy (non-hydrogen) atoms. The zero-order valence-corrected chi connectivity index (χ0v) is 22.1. The predicted molar refractivity (Wildman–Crippen MR) is 141 cm³/mol. The Hall–Kier alpha value is -2.52. The van der Waals surface area contributed by atoms with Gasteiger partial charge < -0.3 is 10.4 Å². The molecule has 1 aromatic carbocycles. The Balaban J connectivity index is 0.00000380. The number of rotatable bonds is 10. The molecule has 1 aromatic heterocycles. The van der Waals surface area contributed by atoms with Gasteiger partial charge in [-0.3, -0.25) is 19.2 Å². The minimum atomic E-state index is -2.72. The summed E-state index contributed by atoms with van der Waals surface area (Å²) >= 11 is 0. The Bertz CT molecular complexity index is 1070. The Kier molecular flexibility index (Phi) is 10.1. The van der Waals surface area contributed by atoms with E-state index < -0.39 is 23.8 Å². The summed E-state index contributed by atoms with van der Waals surface area (Å²) in [7, 11) is 0. The lowest BCUT2D eigenvalue weighted by molar-refractivity contribution is -0.137. The van der Waals surface area contributed by atoms with Crippen molar-refractivity contribution < 1.29 is 23.5 Å². The number of nitrogens with one attached hydrogen (secondary N) is 1. The molecule has 2 heterocycles. The summed E-state index contributed by atoms with van der Waals surface area (Å²) in [5, 5.41) is 16.9. The number of aromatic nitrogens is 2. The fourth-order valence-corrected chi connectivity index (χ4v) is 5.48. The van der Waals surface area contributed by atoms with Crippen LogP contribution in [0.15, 0.2) is 30.3 Å². The first kappa shape index (κ1) is 29.0. The molecule has 204 valence electrons. The van der Waals surface area contributed by atoms with Crippen molar-refractivity contribution in [3.63, 3.8) is 0 Å². The zero-order chi connectivity index (χ0) is 25.7. The highest BCUT2D eigenvalue weighted by molar-refractivity contribution is 5.94. The lowest BCUT2D eigenvalue weighted by atomic mass is 10.0. The van der Waals surface area contributed by atoms with Gasteiger partial charge in [-0.1, -0.05) is 44.0 Å². The summed E-state index contributed by atoms with van der Waals surface area (Å²) in [5.74, 6) is -4.20. The number of hydrogen-bond acceptors (Lipinski definition) is 4. The van der Waals surface area contributed by atoms with Crippen LogP contribution in [0.3, 0.4) is 0 Å².